The van der Waals surface area contributed by atoms with E-state index in [0.717, 1.165) is 25.0 Å². The van der Waals surface area contributed by atoms with Crippen LogP contribution in [0, 0.1) is 0 Å². The van der Waals surface area contributed by atoms with E-state index in [1.807, 2.05) is 0 Å². The quantitative estimate of drug-likeness (QED) is 0.533. The number of rotatable bonds is 5. The summed E-state index contributed by atoms with van der Waals surface area (Å²) in [4.78, 5) is 2.40. The van der Waals surface area contributed by atoms with Crippen LogP contribution in [0.3, 0.4) is 0 Å². The minimum atomic E-state index is 0.681. The molecule has 1 fully saturated rings. The molecule has 0 unspecified atom stereocenters. The Balaban J connectivity index is 1.98. The van der Waals surface area contributed by atoms with Crippen LogP contribution >= 0.6 is 15.9 Å². The van der Waals surface area contributed by atoms with Crippen LogP contribution in [0.2, 0.25) is 0 Å². The van der Waals surface area contributed by atoms with Gasteiger partial charge in [-0.15, -0.1) is 0 Å². The standard InChI is InChI=1S/C9H18BrNO/c1-11-6-2-4-9(11)8-12-7-3-5-10/h9H,2-8H2,1H3/t9-/m0/s1. The van der Waals surface area contributed by atoms with Gasteiger partial charge in [0.15, 0.2) is 0 Å². The number of hydrogen-bond donors (Lipinski definition) is 0. The van der Waals surface area contributed by atoms with E-state index in [2.05, 4.69) is 27.9 Å². The highest BCUT2D eigenvalue weighted by Gasteiger charge is 2.20. The summed E-state index contributed by atoms with van der Waals surface area (Å²) < 4.78 is 5.56. The van der Waals surface area contributed by atoms with Crippen LogP contribution < -0.4 is 0 Å². The van der Waals surface area contributed by atoms with Gasteiger partial charge in [-0.1, -0.05) is 15.9 Å². The van der Waals surface area contributed by atoms with Crippen LogP contribution in [-0.2, 0) is 4.74 Å². The molecule has 1 atom stereocenters. The third kappa shape index (κ3) is 3.42. The summed E-state index contributed by atoms with van der Waals surface area (Å²) in [5.41, 5.74) is 0. The molecule has 0 spiro atoms. The number of likely N-dealkylation sites (tertiary alicyclic amines) is 1. The molecule has 0 aromatic carbocycles. The van der Waals surface area contributed by atoms with Crippen molar-refractivity contribution in [2.45, 2.75) is 25.3 Å². The molecule has 12 heavy (non-hydrogen) atoms. The molecule has 3 heteroatoms. The van der Waals surface area contributed by atoms with Crippen molar-refractivity contribution in [2.24, 2.45) is 0 Å². The van der Waals surface area contributed by atoms with Crippen LogP contribution in [0.25, 0.3) is 0 Å². The van der Waals surface area contributed by atoms with Gasteiger partial charge in [-0.2, -0.15) is 0 Å². The lowest BCUT2D eigenvalue weighted by Crippen LogP contribution is -2.29. The molecule has 1 aliphatic heterocycles. The summed E-state index contributed by atoms with van der Waals surface area (Å²) in [5.74, 6) is 0. The first-order valence-corrected chi connectivity index (χ1v) is 5.80. The largest absolute Gasteiger partial charge is 0.380 e. The molecule has 72 valence electrons. The highest BCUT2D eigenvalue weighted by Crippen LogP contribution is 2.14. The van der Waals surface area contributed by atoms with Gasteiger partial charge in [0.2, 0.25) is 0 Å². The lowest BCUT2D eigenvalue weighted by atomic mass is 10.2. The fourth-order valence-electron chi connectivity index (χ4n) is 1.57. The Bertz CT molecular complexity index is 121. The van der Waals surface area contributed by atoms with Gasteiger partial charge in [0.1, 0.15) is 0 Å². The Labute approximate surface area is 83.4 Å². The predicted molar refractivity (Wildman–Crippen MR) is 54.9 cm³/mol. The van der Waals surface area contributed by atoms with Crippen molar-refractivity contribution < 1.29 is 4.74 Å². The molecule has 1 rings (SSSR count). The second-order valence-corrected chi connectivity index (χ2v) is 4.19. The van der Waals surface area contributed by atoms with Gasteiger partial charge in [-0.05, 0) is 32.9 Å². The van der Waals surface area contributed by atoms with Crippen molar-refractivity contribution >= 4 is 15.9 Å². The Kier molecular flexibility index (Phi) is 5.19. The minimum absolute atomic E-state index is 0.681. The maximum Gasteiger partial charge on any atom is 0.0621 e. The molecule has 0 N–H and O–H groups in total. The van der Waals surface area contributed by atoms with E-state index in [-0.39, 0.29) is 0 Å². The zero-order valence-electron chi connectivity index (χ0n) is 7.76. The van der Waals surface area contributed by atoms with E-state index in [4.69, 9.17) is 4.74 Å². The highest BCUT2D eigenvalue weighted by molar-refractivity contribution is 9.09. The first-order valence-electron chi connectivity index (χ1n) is 4.68. The average molecular weight is 236 g/mol. The number of likely N-dealkylation sites (N-methyl/N-ethyl adjacent to an activating group) is 1. The Morgan fingerprint density at radius 1 is 1.58 bits per heavy atom. The minimum Gasteiger partial charge on any atom is -0.380 e. The molecule has 1 heterocycles. The summed E-state index contributed by atoms with van der Waals surface area (Å²) in [6.45, 7) is 3.06. The topological polar surface area (TPSA) is 12.5 Å². The summed E-state index contributed by atoms with van der Waals surface area (Å²) >= 11 is 3.38. The van der Waals surface area contributed by atoms with Gasteiger partial charge in [0, 0.05) is 18.0 Å². The van der Waals surface area contributed by atoms with E-state index in [1.165, 1.54) is 19.4 Å². The van der Waals surface area contributed by atoms with Gasteiger partial charge < -0.3 is 9.64 Å². The summed E-state index contributed by atoms with van der Waals surface area (Å²) in [7, 11) is 2.19. The van der Waals surface area contributed by atoms with Crippen LogP contribution in [0.4, 0.5) is 0 Å². The number of halogens is 1. The summed E-state index contributed by atoms with van der Waals surface area (Å²) in [6.07, 6.45) is 3.77. The zero-order chi connectivity index (χ0) is 8.81. The smallest absolute Gasteiger partial charge is 0.0621 e. The van der Waals surface area contributed by atoms with Crippen LogP contribution in [-0.4, -0.2) is 43.1 Å². The second-order valence-electron chi connectivity index (χ2n) is 3.39. The lowest BCUT2D eigenvalue weighted by Gasteiger charge is -2.18. The normalized spacial score (nSPS) is 25.0. The molecule has 1 saturated heterocycles. The van der Waals surface area contributed by atoms with E-state index >= 15 is 0 Å². The average Bonchev–Trinajstić information content (AvgIpc) is 2.46. The SMILES string of the molecule is CN1CCC[C@H]1COCCCBr. The van der Waals surface area contributed by atoms with Crippen molar-refractivity contribution in [3.63, 3.8) is 0 Å². The molecule has 0 saturated carbocycles. The van der Waals surface area contributed by atoms with E-state index < -0.39 is 0 Å². The maximum absolute atomic E-state index is 5.56. The van der Waals surface area contributed by atoms with Gasteiger partial charge in [-0.25, -0.2) is 0 Å². The Hall–Kier alpha value is 0.400. The number of alkyl halides is 1. The van der Waals surface area contributed by atoms with Gasteiger partial charge in [-0.3, -0.25) is 0 Å². The van der Waals surface area contributed by atoms with Crippen molar-refractivity contribution in [3.05, 3.63) is 0 Å². The van der Waals surface area contributed by atoms with Crippen molar-refractivity contribution in [3.8, 4) is 0 Å². The fraction of sp³-hybridized carbons (Fsp3) is 1.00. The molecule has 0 aromatic heterocycles. The Morgan fingerprint density at radius 2 is 2.42 bits per heavy atom. The van der Waals surface area contributed by atoms with Crippen molar-refractivity contribution in [1.29, 1.82) is 0 Å². The van der Waals surface area contributed by atoms with Crippen molar-refractivity contribution in [2.75, 3.05) is 32.1 Å². The van der Waals surface area contributed by atoms with Crippen molar-refractivity contribution in [1.82, 2.24) is 4.90 Å². The van der Waals surface area contributed by atoms with Crippen LogP contribution in [0.5, 0.6) is 0 Å². The molecule has 0 amide bonds. The van der Waals surface area contributed by atoms with E-state index in [0.29, 0.717) is 6.04 Å². The molecule has 0 aliphatic carbocycles. The summed E-state index contributed by atoms with van der Waals surface area (Å²) in [6, 6.07) is 0.681. The summed E-state index contributed by atoms with van der Waals surface area (Å²) in [5, 5.41) is 1.05. The Morgan fingerprint density at radius 3 is 3.00 bits per heavy atom. The molecule has 0 aromatic rings. The third-order valence-corrected chi connectivity index (χ3v) is 2.96. The highest BCUT2D eigenvalue weighted by atomic mass is 79.9. The molecule has 0 radical (unpaired) electrons. The number of nitrogens with zero attached hydrogens (tertiary/aromatic N) is 1. The number of ether oxygens (including phenoxy) is 1. The van der Waals surface area contributed by atoms with Gasteiger partial charge in [0.05, 0.1) is 6.61 Å². The third-order valence-electron chi connectivity index (χ3n) is 2.40. The second kappa shape index (κ2) is 5.95. The lowest BCUT2D eigenvalue weighted by molar-refractivity contribution is 0.0868. The molecule has 0 bridgehead atoms. The van der Waals surface area contributed by atoms with Gasteiger partial charge in [0.25, 0.3) is 0 Å². The molecule has 2 nitrogen and oxygen atoms in total. The predicted octanol–water partition coefficient (Wildman–Crippen LogP) is 1.88. The van der Waals surface area contributed by atoms with E-state index in [9.17, 15) is 0 Å². The first-order chi connectivity index (χ1) is 5.84. The fourth-order valence-corrected chi connectivity index (χ4v) is 1.79. The monoisotopic (exact) mass is 235 g/mol. The molecular formula is C9H18BrNO. The number of hydrogen-bond acceptors (Lipinski definition) is 2. The van der Waals surface area contributed by atoms with Gasteiger partial charge >= 0.3 is 0 Å². The van der Waals surface area contributed by atoms with E-state index in [1.54, 1.807) is 0 Å². The maximum atomic E-state index is 5.56. The first kappa shape index (κ1) is 10.5. The van der Waals surface area contributed by atoms with Crippen LogP contribution in [0.15, 0.2) is 0 Å². The molecule has 1 aliphatic rings. The zero-order valence-corrected chi connectivity index (χ0v) is 9.35. The van der Waals surface area contributed by atoms with Crippen LogP contribution in [0.1, 0.15) is 19.3 Å². The molecular weight excluding hydrogens is 218 g/mol.